The zero-order chi connectivity index (χ0) is 27.7. The van der Waals surface area contributed by atoms with Gasteiger partial charge in [-0.05, 0) is 49.2 Å². The van der Waals surface area contributed by atoms with Crippen LogP contribution in [0.2, 0.25) is 0 Å². The number of methoxy groups -OCH3 is 1. The van der Waals surface area contributed by atoms with Crippen LogP contribution in [-0.4, -0.2) is 29.6 Å². The molecule has 7 heteroatoms. The number of aliphatic imine (C=N–C) groups is 1. The zero-order valence-electron chi connectivity index (χ0n) is 22.2. The number of benzene rings is 3. The first-order valence-corrected chi connectivity index (χ1v) is 12.8. The Labute approximate surface area is 226 Å². The van der Waals surface area contributed by atoms with E-state index in [1.54, 1.807) is 30.3 Å². The molecular formula is C32H28FN3O3. The van der Waals surface area contributed by atoms with Crippen LogP contribution in [0.5, 0.6) is 11.5 Å². The minimum absolute atomic E-state index is 0.0582. The van der Waals surface area contributed by atoms with Gasteiger partial charge in [0.05, 0.1) is 36.0 Å². The van der Waals surface area contributed by atoms with Crippen LogP contribution < -0.4 is 9.47 Å². The van der Waals surface area contributed by atoms with Crippen molar-refractivity contribution in [1.29, 1.82) is 5.26 Å². The van der Waals surface area contributed by atoms with E-state index in [9.17, 15) is 14.4 Å². The lowest BCUT2D eigenvalue weighted by Crippen LogP contribution is -2.23. The van der Waals surface area contributed by atoms with Gasteiger partial charge in [-0.1, -0.05) is 38.1 Å². The molecule has 2 heterocycles. The monoisotopic (exact) mass is 521 g/mol. The first-order valence-electron chi connectivity index (χ1n) is 12.8. The smallest absolute Gasteiger partial charge is 0.182 e. The van der Waals surface area contributed by atoms with Gasteiger partial charge in [0.25, 0.3) is 0 Å². The lowest BCUT2D eigenvalue weighted by molar-refractivity contribution is -0.129. The van der Waals surface area contributed by atoms with E-state index in [4.69, 9.17) is 19.5 Å². The molecule has 2 unspecified atom stereocenters. The quantitative estimate of drug-likeness (QED) is 0.282. The van der Waals surface area contributed by atoms with Gasteiger partial charge in [0.2, 0.25) is 0 Å². The second-order valence-corrected chi connectivity index (χ2v) is 10.0. The summed E-state index contributed by atoms with van der Waals surface area (Å²) in [5, 5.41) is 10.1. The number of carbonyl (C=O) groups excluding carboxylic acids is 1. The summed E-state index contributed by atoms with van der Waals surface area (Å²) in [5.41, 5.74) is 5.51. The van der Waals surface area contributed by atoms with E-state index >= 15 is 0 Å². The summed E-state index contributed by atoms with van der Waals surface area (Å²) >= 11 is 0. The van der Waals surface area contributed by atoms with Gasteiger partial charge < -0.3 is 9.47 Å². The number of hydrogen-bond donors (Lipinski definition) is 0. The zero-order valence-corrected chi connectivity index (χ0v) is 22.2. The van der Waals surface area contributed by atoms with Crippen LogP contribution >= 0.6 is 0 Å². The van der Waals surface area contributed by atoms with Crippen LogP contribution in [-0.2, 0) is 11.2 Å². The number of carbonyl (C=O) groups is 1. The summed E-state index contributed by atoms with van der Waals surface area (Å²) in [5.74, 6) is -0.0246. The Morgan fingerprint density at radius 2 is 1.79 bits per heavy atom. The van der Waals surface area contributed by atoms with Crippen LogP contribution in [0, 0.1) is 23.1 Å². The number of nitrogens with zero attached hydrogens (tertiary/aromatic N) is 3. The molecule has 1 aromatic heterocycles. The largest absolute Gasteiger partial charge is 0.493 e. The highest BCUT2D eigenvalue weighted by molar-refractivity contribution is 6.20. The van der Waals surface area contributed by atoms with Gasteiger partial charge in [0, 0.05) is 40.3 Å². The molecule has 196 valence electrons. The van der Waals surface area contributed by atoms with Crippen molar-refractivity contribution in [2.45, 2.75) is 39.3 Å². The summed E-state index contributed by atoms with van der Waals surface area (Å²) in [7, 11) is 1.54. The topological polar surface area (TPSA) is 84.6 Å². The average Bonchev–Trinajstić information content (AvgIpc) is 2.95. The fourth-order valence-corrected chi connectivity index (χ4v) is 4.86. The molecule has 0 radical (unpaired) electrons. The van der Waals surface area contributed by atoms with Crippen LogP contribution in [0.25, 0.3) is 10.9 Å². The predicted octanol–water partition coefficient (Wildman–Crippen LogP) is 6.38. The van der Waals surface area contributed by atoms with Crippen LogP contribution in [0.3, 0.4) is 0 Å². The highest BCUT2D eigenvalue weighted by Gasteiger charge is 2.28. The van der Waals surface area contributed by atoms with E-state index in [2.05, 4.69) is 13.0 Å². The SMILES string of the molecule is COc1cc2ncc3c(c2cc1OC(C(=O)C(C)C)c1ccc(F)cc1)C(c1ccc(C#N)cc1)=NC(C)C3. The molecule has 0 saturated heterocycles. The van der Waals surface area contributed by atoms with Gasteiger partial charge in [0.15, 0.2) is 23.4 Å². The second kappa shape index (κ2) is 10.7. The van der Waals surface area contributed by atoms with Crippen molar-refractivity contribution in [1.82, 2.24) is 4.98 Å². The Balaban J connectivity index is 1.67. The molecule has 0 fully saturated rings. The summed E-state index contributed by atoms with van der Waals surface area (Å²) in [4.78, 5) is 22.9. The molecule has 5 rings (SSSR count). The molecular weight excluding hydrogens is 493 g/mol. The average molecular weight is 522 g/mol. The van der Waals surface area contributed by atoms with E-state index in [0.717, 1.165) is 34.2 Å². The van der Waals surface area contributed by atoms with E-state index in [0.29, 0.717) is 28.1 Å². The van der Waals surface area contributed by atoms with Crippen molar-refractivity contribution < 1.29 is 18.7 Å². The minimum atomic E-state index is -0.948. The van der Waals surface area contributed by atoms with E-state index < -0.39 is 6.10 Å². The van der Waals surface area contributed by atoms with E-state index in [-0.39, 0.29) is 23.6 Å². The summed E-state index contributed by atoms with van der Waals surface area (Å²) in [6, 6.07) is 19.0. The van der Waals surface area contributed by atoms with Crippen molar-refractivity contribution in [2.24, 2.45) is 10.9 Å². The van der Waals surface area contributed by atoms with E-state index in [1.165, 1.54) is 19.2 Å². The van der Waals surface area contributed by atoms with Crippen LogP contribution in [0.15, 0.2) is 71.9 Å². The number of rotatable bonds is 7. The predicted molar refractivity (Wildman–Crippen MR) is 148 cm³/mol. The maximum atomic E-state index is 13.7. The molecule has 0 amide bonds. The Morgan fingerprint density at radius 1 is 1.08 bits per heavy atom. The third kappa shape index (κ3) is 5.10. The number of aromatic nitrogens is 1. The number of Topliss-reactive ketones (excluding diaryl/α,β-unsaturated/α-hetero) is 1. The molecule has 39 heavy (non-hydrogen) atoms. The third-order valence-electron chi connectivity index (χ3n) is 6.87. The highest BCUT2D eigenvalue weighted by Crippen LogP contribution is 2.39. The van der Waals surface area contributed by atoms with Crippen molar-refractivity contribution in [3.05, 3.63) is 100 Å². The highest BCUT2D eigenvalue weighted by atomic mass is 19.1. The van der Waals surface area contributed by atoms with Crippen molar-refractivity contribution in [3.63, 3.8) is 0 Å². The Kier molecular flexibility index (Phi) is 7.12. The molecule has 3 aromatic carbocycles. The molecule has 1 aliphatic rings. The standard InChI is InChI=1S/C32H28FN3O3/c1-18(2)31(37)32(22-9-11-24(33)12-10-22)39-28-14-25-26(15-27(28)38-4)35-17-23-13-19(3)36-30(29(23)25)21-7-5-20(16-34)6-8-21/h5-12,14-15,17-19,32H,13H2,1-4H3. The maximum absolute atomic E-state index is 13.7. The number of halogens is 1. The number of hydrogen-bond acceptors (Lipinski definition) is 6. The summed E-state index contributed by atoms with van der Waals surface area (Å²) < 4.78 is 25.7. The van der Waals surface area contributed by atoms with Crippen LogP contribution in [0.1, 0.15) is 54.7 Å². The van der Waals surface area contributed by atoms with Crippen LogP contribution in [0.4, 0.5) is 4.39 Å². The molecule has 0 aliphatic carbocycles. The van der Waals surface area contributed by atoms with Gasteiger partial charge in [-0.15, -0.1) is 0 Å². The Morgan fingerprint density at radius 3 is 2.44 bits per heavy atom. The normalized spacial score (nSPS) is 15.3. The fourth-order valence-electron chi connectivity index (χ4n) is 4.86. The molecule has 0 spiro atoms. The first-order chi connectivity index (χ1) is 18.8. The third-order valence-corrected chi connectivity index (χ3v) is 6.87. The lowest BCUT2D eigenvalue weighted by atomic mass is 9.88. The number of pyridine rings is 1. The number of nitriles is 1. The van der Waals surface area contributed by atoms with E-state index in [1.807, 2.05) is 38.2 Å². The van der Waals surface area contributed by atoms with Crippen molar-refractivity contribution in [2.75, 3.05) is 7.11 Å². The Bertz CT molecular complexity index is 1620. The number of fused-ring (bicyclic) bond motifs is 3. The van der Waals surface area contributed by atoms with Crippen molar-refractivity contribution in [3.8, 4) is 17.6 Å². The molecule has 0 saturated carbocycles. The van der Waals surface area contributed by atoms with Crippen molar-refractivity contribution >= 4 is 22.4 Å². The molecule has 4 aromatic rings. The number of ketones is 1. The molecule has 0 N–H and O–H groups in total. The van der Waals surface area contributed by atoms with Gasteiger partial charge in [-0.2, -0.15) is 5.26 Å². The molecule has 2 atom stereocenters. The lowest BCUT2D eigenvalue weighted by Gasteiger charge is -2.25. The van der Waals surface area contributed by atoms with Gasteiger partial charge in [-0.25, -0.2) is 4.39 Å². The first kappa shape index (κ1) is 26.1. The molecule has 1 aliphatic heterocycles. The maximum Gasteiger partial charge on any atom is 0.182 e. The molecule has 6 nitrogen and oxygen atoms in total. The van der Waals surface area contributed by atoms with Gasteiger partial charge in [-0.3, -0.25) is 14.8 Å². The molecule has 0 bridgehead atoms. The second-order valence-electron chi connectivity index (χ2n) is 10.0. The summed E-state index contributed by atoms with van der Waals surface area (Å²) in [6.07, 6.45) is 1.65. The summed E-state index contributed by atoms with van der Waals surface area (Å²) in [6.45, 7) is 5.67. The van der Waals surface area contributed by atoms with Gasteiger partial charge >= 0.3 is 0 Å². The number of ether oxygens (including phenoxy) is 2. The Hall–Kier alpha value is -4.57. The fraction of sp³-hybridized carbons (Fsp3) is 0.250. The minimum Gasteiger partial charge on any atom is -0.493 e. The van der Waals surface area contributed by atoms with Gasteiger partial charge in [0.1, 0.15) is 5.82 Å².